The van der Waals surface area contributed by atoms with Crippen molar-refractivity contribution in [1.29, 1.82) is 0 Å². The van der Waals surface area contributed by atoms with Crippen molar-refractivity contribution in [3.63, 3.8) is 0 Å². The van der Waals surface area contributed by atoms with Gasteiger partial charge in [-0.25, -0.2) is 8.42 Å². The van der Waals surface area contributed by atoms with Crippen molar-refractivity contribution in [3.05, 3.63) is 66.2 Å². The van der Waals surface area contributed by atoms with Gasteiger partial charge in [0.15, 0.2) is 5.82 Å². The van der Waals surface area contributed by atoms with Crippen LogP contribution in [0.3, 0.4) is 0 Å². The molecule has 1 unspecified atom stereocenters. The van der Waals surface area contributed by atoms with E-state index in [1.165, 1.54) is 4.31 Å². The molecule has 1 saturated heterocycles. The van der Waals surface area contributed by atoms with Crippen LogP contribution in [0.15, 0.2) is 65.6 Å². The van der Waals surface area contributed by atoms with E-state index in [0.717, 1.165) is 28.4 Å². The molecule has 2 heterocycles. The third-order valence-corrected chi connectivity index (χ3v) is 8.95. The maximum atomic E-state index is 13.4. The Labute approximate surface area is 225 Å². The van der Waals surface area contributed by atoms with Crippen molar-refractivity contribution in [2.75, 3.05) is 44.7 Å². The van der Waals surface area contributed by atoms with Crippen LogP contribution in [-0.2, 0) is 14.8 Å². The topological polar surface area (TPSA) is 95.9 Å². The van der Waals surface area contributed by atoms with Crippen LogP contribution in [0, 0.1) is 6.92 Å². The Balaban J connectivity index is 1.39. The second-order valence-electron chi connectivity index (χ2n) is 9.50. The van der Waals surface area contributed by atoms with Crippen LogP contribution >= 0.6 is 0 Å². The molecule has 1 aliphatic rings. The van der Waals surface area contributed by atoms with E-state index in [9.17, 15) is 13.2 Å². The number of anilines is 1. The van der Waals surface area contributed by atoms with Gasteiger partial charge in [0.2, 0.25) is 15.9 Å². The normalized spacial score (nSPS) is 15.0. The van der Waals surface area contributed by atoms with E-state index in [2.05, 4.69) is 15.1 Å². The third-order valence-electron chi connectivity index (χ3n) is 6.97. The molecule has 1 fully saturated rings. The number of hydrogen-bond acceptors (Lipinski definition) is 7. The van der Waals surface area contributed by atoms with Gasteiger partial charge in [0.05, 0.1) is 24.2 Å². The van der Waals surface area contributed by atoms with E-state index in [1.54, 1.807) is 36.3 Å². The number of aromatic nitrogens is 2. The first-order valence-electron chi connectivity index (χ1n) is 12.8. The van der Waals surface area contributed by atoms with Gasteiger partial charge in [-0.05, 0) is 56.7 Å². The summed E-state index contributed by atoms with van der Waals surface area (Å²) in [6, 6.07) is 18.0. The molecule has 3 aromatic rings. The van der Waals surface area contributed by atoms with Gasteiger partial charge in [-0.2, -0.15) is 4.31 Å². The molecule has 0 bridgehead atoms. The van der Waals surface area contributed by atoms with E-state index >= 15 is 0 Å². The number of hydrogen-bond donors (Lipinski definition) is 0. The van der Waals surface area contributed by atoms with Gasteiger partial charge >= 0.3 is 0 Å². The summed E-state index contributed by atoms with van der Waals surface area (Å²) in [4.78, 5) is 17.2. The summed E-state index contributed by atoms with van der Waals surface area (Å²) >= 11 is 0. The molecule has 2 aromatic carbocycles. The van der Waals surface area contributed by atoms with Crippen molar-refractivity contribution in [2.24, 2.45) is 0 Å². The van der Waals surface area contributed by atoms with E-state index < -0.39 is 10.0 Å². The number of rotatable bonds is 9. The molecule has 0 saturated carbocycles. The summed E-state index contributed by atoms with van der Waals surface area (Å²) in [5, 5.41) is 8.78. The van der Waals surface area contributed by atoms with E-state index in [0.29, 0.717) is 32.6 Å². The summed E-state index contributed by atoms with van der Waals surface area (Å²) in [7, 11) is -2.17. The SMILES string of the molecule is CCC(C)N(CC(=O)N1CCN(c2ccc(-c3cccc(OC)c3)nn2)CC1)S(=O)(=O)c1ccc(C)cc1. The first-order valence-corrected chi connectivity index (χ1v) is 14.3. The zero-order valence-electron chi connectivity index (χ0n) is 22.4. The van der Waals surface area contributed by atoms with Crippen LogP contribution < -0.4 is 9.64 Å². The standard InChI is InChI=1S/C28H35N5O4S/c1-5-22(3)33(38(35,36)25-11-9-21(2)10-12-25)20-28(34)32-17-15-31(16-18-32)27-14-13-26(29-30-27)23-7-6-8-24(19-23)37-4/h6-14,19,22H,5,15-18,20H2,1-4H3. The largest absolute Gasteiger partial charge is 0.497 e. The average Bonchev–Trinajstić information content (AvgIpc) is 2.95. The molecule has 0 radical (unpaired) electrons. The molecule has 1 atom stereocenters. The number of piperazine rings is 1. The molecule has 10 heteroatoms. The highest BCUT2D eigenvalue weighted by Crippen LogP contribution is 2.24. The molecule has 202 valence electrons. The smallest absolute Gasteiger partial charge is 0.243 e. The molecule has 0 aliphatic carbocycles. The number of amides is 1. The van der Waals surface area contributed by atoms with Gasteiger partial charge in [-0.15, -0.1) is 10.2 Å². The minimum atomic E-state index is -3.80. The van der Waals surface area contributed by atoms with Gasteiger partial charge < -0.3 is 14.5 Å². The summed E-state index contributed by atoms with van der Waals surface area (Å²) in [6.45, 7) is 7.64. The second kappa shape index (κ2) is 11.9. The maximum absolute atomic E-state index is 13.4. The maximum Gasteiger partial charge on any atom is 0.243 e. The number of nitrogens with zero attached hydrogens (tertiary/aromatic N) is 5. The number of sulfonamides is 1. The number of methoxy groups -OCH3 is 1. The Kier molecular flexibility index (Phi) is 8.63. The highest BCUT2D eigenvalue weighted by Gasteiger charge is 2.32. The number of aryl methyl sites for hydroxylation is 1. The number of ether oxygens (including phenoxy) is 1. The van der Waals surface area contributed by atoms with Gasteiger partial charge in [0, 0.05) is 37.8 Å². The predicted molar refractivity (Wildman–Crippen MR) is 148 cm³/mol. The fraction of sp³-hybridized carbons (Fsp3) is 0.393. The van der Waals surface area contributed by atoms with E-state index in [-0.39, 0.29) is 23.4 Å². The lowest BCUT2D eigenvalue weighted by atomic mass is 10.1. The fourth-order valence-electron chi connectivity index (χ4n) is 4.38. The highest BCUT2D eigenvalue weighted by molar-refractivity contribution is 7.89. The van der Waals surface area contributed by atoms with Crippen LogP contribution in [0.25, 0.3) is 11.3 Å². The Morgan fingerprint density at radius 1 is 1.03 bits per heavy atom. The van der Waals surface area contributed by atoms with E-state index in [1.807, 2.05) is 57.2 Å². The molecule has 1 aromatic heterocycles. The minimum absolute atomic E-state index is 0.180. The van der Waals surface area contributed by atoms with Crippen LogP contribution in [0.1, 0.15) is 25.8 Å². The Hall–Kier alpha value is -3.50. The van der Waals surface area contributed by atoms with Crippen molar-refractivity contribution >= 4 is 21.7 Å². The highest BCUT2D eigenvalue weighted by atomic mass is 32.2. The van der Waals surface area contributed by atoms with Crippen molar-refractivity contribution in [2.45, 2.75) is 38.1 Å². The zero-order chi connectivity index (χ0) is 27.3. The molecule has 1 aliphatic heterocycles. The third kappa shape index (κ3) is 6.14. The zero-order valence-corrected chi connectivity index (χ0v) is 23.2. The quantitative estimate of drug-likeness (QED) is 0.412. The molecule has 9 nitrogen and oxygen atoms in total. The Bertz CT molecular complexity index is 1340. The van der Waals surface area contributed by atoms with Crippen LogP contribution in [0.4, 0.5) is 5.82 Å². The lowest BCUT2D eigenvalue weighted by Crippen LogP contribution is -2.53. The summed E-state index contributed by atoms with van der Waals surface area (Å²) in [5.41, 5.74) is 2.65. The van der Waals surface area contributed by atoms with Gasteiger partial charge in [-0.3, -0.25) is 4.79 Å². The molecular formula is C28H35N5O4S. The average molecular weight is 538 g/mol. The summed E-state index contributed by atoms with van der Waals surface area (Å²) in [6.07, 6.45) is 0.608. The monoisotopic (exact) mass is 537 g/mol. The first-order chi connectivity index (χ1) is 18.2. The molecule has 38 heavy (non-hydrogen) atoms. The van der Waals surface area contributed by atoms with Crippen molar-refractivity contribution in [1.82, 2.24) is 19.4 Å². The van der Waals surface area contributed by atoms with Crippen LogP contribution in [-0.4, -0.2) is 79.6 Å². The Morgan fingerprint density at radius 3 is 2.34 bits per heavy atom. The molecular weight excluding hydrogens is 502 g/mol. The van der Waals surface area contributed by atoms with Crippen molar-refractivity contribution < 1.29 is 17.9 Å². The molecule has 0 N–H and O–H groups in total. The predicted octanol–water partition coefficient (Wildman–Crippen LogP) is 3.60. The number of benzene rings is 2. The van der Waals surface area contributed by atoms with E-state index in [4.69, 9.17) is 4.74 Å². The Morgan fingerprint density at radius 2 is 1.74 bits per heavy atom. The lowest BCUT2D eigenvalue weighted by Gasteiger charge is -2.36. The molecule has 1 amide bonds. The van der Waals surface area contributed by atoms with Crippen LogP contribution in [0.5, 0.6) is 5.75 Å². The number of carbonyl (C=O) groups excluding carboxylic acids is 1. The summed E-state index contributed by atoms with van der Waals surface area (Å²) in [5.74, 6) is 1.31. The van der Waals surface area contributed by atoms with Gasteiger partial charge in [0.25, 0.3) is 0 Å². The molecule has 0 spiro atoms. The van der Waals surface area contributed by atoms with Gasteiger partial charge in [0.1, 0.15) is 5.75 Å². The number of carbonyl (C=O) groups is 1. The minimum Gasteiger partial charge on any atom is -0.497 e. The second-order valence-corrected chi connectivity index (χ2v) is 11.4. The van der Waals surface area contributed by atoms with Crippen LogP contribution in [0.2, 0.25) is 0 Å². The fourth-order valence-corrected chi connectivity index (χ4v) is 6.03. The van der Waals surface area contributed by atoms with Gasteiger partial charge in [-0.1, -0.05) is 36.8 Å². The van der Waals surface area contributed by atoms with Crippen molar-refractivity contribution in [3.8, 4) is 17.0 Å². The first kappa shape index (κ1) is 27.5. The summed E-state index contributed by atoms with van der Waals surface area (Å²) < 4.78 is 33.4. The lowest BCUT2D eigenvalue weighted by molar-refractivity contribution is -0.132. The molecule has 4 rings (SSSR count).